The minimum absolute atomic E-state index is 0.150. The van der Waals surface area contributed by atoms with Gasteiger partial charge in [0.25, 0.3) is 5.91 Å². The van der Waals surface area contributed by atoms with Crippen LogP contribution >= 0.6 is 12.2 Å². The summed E-state index contributed by atoms with van der Waals surface area (Å²) in [7, 11) is 0. The molecule has 0 aliphatic rings. The maximum Gasteiger partial charge on any atom is 0.251 e. The van der Waals surface area contributed by atoms with Crippen LogP contribution in [0.15, 0.2) is 18.2 Å². The van der Waals surface area contributed by atoms with E-state index in [0.717, 1.165) is 5.56 Å². The molecule has 0 radical (unpaired) electrons. The second kappa shape index (κ2) is 5.07. The minimum Gasteiger partial charge on any atom is -0.392 e. The third kappa shape index (κ3) is 3.03. The summed E-state index contributed by atoms with van der Waals surface area (Å²) in [6, 6.07) is 5.29. The maximum absolute atomic E-state index is 11.8. The van der Waals surface area contributed by atoms with Crippen LogP contribution in [-0.2, 0) is 0 Å². The second-order valence-electron chi connectivity index (χ2n) is 3.90. The van der Waals surface area contributed by atoms with Crippen LogP contribution in [0, 0.1) is 13.8 Å². The number of hydrogen-bond acceptors (Lipinski definition) is 2. The zero-order valence-electron chi connectivity index (χ0n) is 9.70. The summed E-state index contributed by atoms with van der Waals surface area (Å²) in [6.45, 7) is 5.75. The minimum atomic E-state index is -0.288. The van der Waals surface area contributed by atoms with Crippen LogP contribution in [0.4, 0.5) is 0 Å². The van der Waals surface area contributed by atoms with Gasteiger partial charge in [-0.3, -0.25) is 4.79 Å². The van der Waals surface area contributed by atoms with E-state index < -0.39 is 0 Å². The molecule has 0 bridgehead atoms. The Morgan fingerprint density at radius 1 is 1.38 bits per heavy atom. The van der Waals surface area contributed by atoms with Crippen LogP contribution in [0.5, 0.6) is 0 Å². The molecule has 1 aromatic carbocycles. The van der Waals surface area contributed by atoms with Crippen molar-refractivity contribution >= 4 is 23.1 Å². The van der Waals surface area contributed by atoms with Gasteiger partial charge in [-0.05, 0) is 44.0 Å². The molecule has 0 aromatic heterocycles. The summed E-state index contributed by atoms with van der Waals surface area (Å²) in [4.78, 5) is 12.1. The molecule has 0 spiro atoms. The van der Waals surface area contributed by atoms with Gasteiger partial charge in [0.1, 0.15) is 0 Å². The fourth-order valence-corrected chi connectivity index (χ4v) is 1.29. The third-order valence-electron chi connectivity index (χ3n) is 2.54. The monoisotopic (exact) mass is 236 g/mol. The molecule has 0 fully saturated rings. The van der Waals surface area contributed by atoms with Crippen molar-refractivity contribution in [2.24, 2.45) is 5.73 Å². The van der Waals surface area contributed by atoms with Gasteiger partial charge in [-0.1, -0.05) is 18.3 Å². The molecule has 1 atom stereocenters. The molecule has 0 saturated heterocycles. The average molecular weight is 236 g/mol. The Hall–Kier alpha value is -1.42. The van der Waals surface area contributed by atoms with Gasteiger partial charge in [0.15, 0.2) is 0 Å². The van der Waals surface area contributed by atoms with Crippen molar-refractivity contribution in [2.75, 3.05) is 0 Å². The first kappa shape index (κ1) is 12.6. The summed E-state index contributed by atoms with van der Waals surface area (Å²) in [5.41, 5.74) is 8.32. The number of benzene rings is 1. The highest BCUT2D eigenvalue weighted by Gasteiger charge is 2.11. The zero-order valence-corrected chi connectivity index (χ0v) is 10.5. The fraction of sp³-hybridized carbons (Fsp3) is 0.333. The van der Waals surface area contributed by atoms with E-state index in [1.54, 1.807) is 13.0 Å². The molecular weight excluding hydrogens is 220 g/mol. The van der Waals surface area contributed by atoms with Crippen molar-refractivity contribution < 1.29 is 4.79 Å². The molecule has 0 saturated carbocycles. The van der Waals surface area contributed by atoms with Crippen molar-refractivity contribution in [3.8, 4) is 0 Å². The zero-order chi connectivity index (χ0) is 12.3. The SMILES string of the molecule is Cc1ccc(C(=O)NC(C)C(N)=S)cc1C. The van der Waals surface area contributed by atoms with Crippen molar-refractivity contribution in [3.63, 3.8) is 0 Å². The molecule has 3 nitrogen and oxygen atoms in total. The molecule has 3 N–H and O–H groups in total. The van der Waals surface area contributed by atoms with Gasteiger partial charge in [0.05, 0.1) is 11.0 Å². The van der Waals surface area contributed by atoms with E-state index >= 15 is 0 Å². The van der Waals surface area contributed by atoms with Crippen LogP contribution in [0.3, 0.4) is 0 Å². The predicted molar refractivity (Wildman–Crippen MR) is 69.6 cm³/mol. The Bertz CT molecular complexity index is 429. The number of nitrogens with one attached hydrogen (secondary N) is 1. The summed E-state index contributed by atoms with van der Waals surface area (Å²) in [5, 5.41) is 2.74. The topological polar surface area (TPSA) is 55.1 Å². The van der Waals surface area contributed by atoms with E-state index in [0.29, 0.717) is 5.56 Å². The van der Waals surface area contributed by atoms with Crippen LogP contribution < -0.4 is 11.1 Å². The van der Waals surface area contributed by atoms with E-state index in [1.165, 1.54) is 5.56 Å². The number of carbonyl (C=O) groups excluding carboxylic acids is 1. The molecule has 4 heteroatoms. The van der Waals surface area contributed by atoms with E-state index in [-0.39, 0.29) is 16.9 Å². The lowest BCUT2D eigenvalue weighted by atomic mass is 10.1. The molecule has 0 aliphatic carbocycles. The lowest BCUT2D eigenvalue weighted by Gasteiger charge is -2.12. The van der Waals surface area contributed by atoms with E-state index in [1.807, 2.05) is 26.0 Å². The number of thiocarbonyl (C=S) groups is 1. The fourth-order valence-electron chi connectivity index (χ4n) is 1.23. The Balaban J connectivity index is 2.81. The highest BCUT2D eigenvalue weighted by atomic mass is 32.1. The molecule has 0 aliphatic heterocycles. The highest BCUT2D eigenvalue weighted by molar-refractivity contribution is 7.80. The number of rotatable bonds is 3. The van der Waals surface area contributed by atoms with Gasteiger partial charge in [0, 0.05) is 5.56 Å². The highest BCUT2D eigenvalue weighted by Crippen LogP contribution is 2.09. The summed E-state index contributed by atoms with van der Waals surface area (Å²) in [6.07, 6.45) is 0. The molecular formula is C12H16N2OS. The summed E-state index contributed by atoms with van der Waals surface area (Å²) >= 11 is 4.80. The normalized spacial score (nSPS) is 11.9. The van der Waals surface area contributed by atoms with Crippen molar-refractivity contribution in [3.05, 3.63) is 34.9 Å². The summed E-state index contributed by atoms with van der Waals surface area (Å²) < 4.78 is 0. The molecule has 16 heavy (non-hydrogen) atoms. The molecule has 1 rings (SSSR count). The number of carbonyl (C=O) groups is 1. The van der Waals surface area contributed by atoms with Gasteiger partial charge < -0.3 is 11.1 Å². The first-order valence-corrected chi connectivity index (χ1v) is 5.50. The molecule has 1 amide bonds. The first-order chi connectivity index (χ1) is 7.41. The Morgan fingerprint density at radius 3 is 2.50 bits per heavy atom. The molecule has 1 aromatic rings. The Labute approximate surface area is 101 Å². The lowest BCUT2D eigenvalue weighted by molar-refractivity contribution is 0.0949. The smallest absolute Gasteiger partial charge is 0.251 e. The Kier molecular flexibility index (Phi) is 4.01. The largest absolute Gasteiger partial charge is 0.392 e. The predicted octanol–water partition coefficient (Wildman–Crippen LogP) is 1.71. The van der Waals surface area contributed by atoms with Crippen molar-refractivity contribution in [1.82, 2.24) is 5.32 Å². The van der Waals surface area contributed by atoms with E-state index in [9.17, 15) is 4.79 Å². The molecule has 0 heterocycles. The van der Waals surface area contributed by atoms with Gasteiger partial charge in [0.2, 0.25) is 0 Å². The van der Waals surface area contributed by atoms with Gasteiger partial charge in [-0.2, -0.15) is 0 Å². The van der Waals surface area contributed by atoms with E-state index in [4.69, 9.17) is 18.0 Å². The van der Waals surface area contributed by atoms with Crippen molar-refractivity contribution in [1.29, 1.82) is 0 Å². The number of nitrogens with two attached hydrogens (primary N) is 1. The molecule has 86 valence electrons. The van der Waals surface area contributed by atoms with Crippen LogP contribution in [0.25, 0.3) is 0 Å². The van der Waals surface area contributed by atoms with Crippen LogP contribution in [0.1, 0.15) is 28.4 Å². The first-order valence-electron chi connectivity index (χ1n) is 5.09. The number of aryl methyl sites for hydroxylation is 2. The van der Waals surface area contributed by atoms with Crippen LogP contribution in [0.2, 0.25) is 0 Å². The lowest BCUT2D eigenvalue weighted by Crippen LogP contribution is -2.41. The van der Waals surface area contributed by atoms with Crippen molar-refractivity contribution in [2.45, 2.75) is 26.8 Å². The number of amides is 1. The quantitative estimate of drug-likeness (QED) is 0.786. The van der Waals surface area contributed by atoms with Gasteiger partial charge in [-0.15, -0.1) is 0 Å². The van der Waals surface area contributed by atoms with Gasteiger partial charge >= 0.3 is 0 Å². The second-order valence-corrected chi connectivity index (χ2v) is 4.37. The van der Waals surface area contributed by atoms with E-state index in [2.05, 4.69) is 5.32 Å². The average Bonchev–Trinajstić information content (AvgIpc) is 2.21. The summed E-state index contributed by atoms with van der Waals surface area (Å²) in [5.74, 6) is -0.150. The number of hydrogen-bond donors (Lipinski definition) is 2. The van der Waals surface area contributed by atoms with Crippen LogP contribution in [-0.4, -0.2) is 16.9 Å². The third-order valence-corrected chi connectivity index (χ3v) is 2.90. The van der Waals surface area contributed by atoms with Gasteiger partial charge in [-0.25, -0.2) is 0 Å². The maximum atomic E-state index is 11.8. The standard InChI is InChI=1S/C12H16N2OS/c1-7-4-5-10(6-8(7)2)12(15)14-9(3)11(13)16/h4-6,9H,1-3H3,(H2,13,16)(H,14,15). The Morgan fingerprint density at radius 2 is 2.00 bits per heavy atom. The molecule has 1 unspecified atom stereocenters.